The molecule has 0 aromatic heterocycles. The van der Waals surface area contributed by atoms with Crippen LogP contribution in [0.1, 0.15) is 46.0 Å². The molecule has 1 atom stereocenters. The van der Waals surface area contributed by atoms with Gasteiger partial charge in [-0.15, -0.1) is 0 Å². The van der Waals surface area contributed by atoms with Gasteiger partial charge >= 0.3 is 12.0 Å². The monoisotopic (exact) mass is 272 g/mol. The highest BCUT2D eigenvalue weighted by molar-refractivity contribution is 5.86. The normalized spacial score (nSPS) is 18.3. The summed E-state index contributed by atoms with van der Waals surface area (Å²) in [5.41, 5.74) is -1.25. The summed E-state index contributed by atoms with van der Waals surface area (Å²) in [6.07, 6.45) is 3.97. The van der Waals surface area contributed by atoms with Crippen LogP contribution in [0.15, 0.2) is 0 Å². The maximum absolute atomic E-state index is 12.2. The van der Waals surface area contributed by atoms with Gasteiger partial charge < -0.3 is 20.4 Å². The molecule has 2 amide bonds. The van der Waals surface area contributed by atoms with Gasteiger partial charge in [0, 0.05) is 12.6 Å². The minimum absolute atomic E-state index is 0.110. The van der Waals surface area contributed by atoms with Crippen LogP contribution in [0.2, 0.25) is 0 Å². The Morgan fingerprint density at radius 3 is 2.42 bits per heavy atom. The van der Waals surface area contributed by atoms with Gasteiger partial charge in [-0.3, -0.25) is 0 Å². The first-order valence-electron chi connectivity index (χ1n) is 6.87. The maximum Gasteiger partial charge on any atom is 0.329 e. The number of nitrogens with one attached hydrogen (secondary N) is 1. The Hall–Kier alpha value is -1.30. The molecule has 0 bridgehead atoms. The predicted octanol–water partition coefficient (Wildman–Crippen LogP) is 1.19. The van der Waals surface area contributed by atoms with Crippen molar-refractivity contribution in [3.8, 4) is 0 Å². The molecule has 0 aromatic rings. The van der Waals surface area contributed by atoms with Crippen molar-refractivity contribution in [1.82, 2.24) is 10.2 Å². The molecule has 1 fully saturated rings. The number of carbonyl (C=O) groups excluding carboxylic acids is 1. The van der Waals surface area contributed by atoms with Crippen LogP contribution in [-0.2, 0) is 4.79 Å². The zero-order chi connectivity index (χ0) is 14.5. The summed E-state index contributed by atoms with van der Waals surface area (Å²) in [5.74, 6) is -1.03. The van der Waals surface area contributed by atoms with E-state index in [1.807, 2.05) is 6.92 Å². The second kappa shape index (κ2) is 6.75. The van der Waals surface area contributed by atoms with Gasteiger partial charge in [-0.25, -0.2) is 9.59 Å². The molecule has 3 N–H and O–H groups in total. The van der Waals surface area contributed by atoms with Crippen molar-refractivity contribution >= 4 is 12.0 Å². The first-order valence-corrected chi connectivity index (χ1v) is 6.87. The fourth-order valence-corrected chi connectivity index (χ4v) is 2.29. The lowest BCUT2D eigenvalue weighted by Crippen LogP contribution is -2.59. The maximum atomic E-state index is 12.2. The number of amides is 2. The highest BCUT2D eigenvalue weighted by Gasteiger charge is 2.37. The van der Waals surface area contributed by atoms with Gasteiger partial charge in [0.25, 0.3) is 0 Å². The Kier molecular flexibility index (Phi) is 5.60. The third-order valence-corrected chi connectivity index (χ3v) is 3.72. The summed E-state index contributed by atoms with van der Waals surface area (Å²) < 4.78 is 0. The molecule has 110 valence electrons. The van der Waals surface area contributed by atoms with E-state index in [1.165, 1.54) is 6.92 Å². The Morgan fingerprint density at radius 2 is 2.05 bits per heavy atom. The Bertz CT molecular complexity index is 331. The lowest BCUT2D eigenvalue weighted by molar-refractivity contribution is -0.144. The molecule has 19 heavy (non-hydrogen) atoms. The van der Waals surface area contributed by atoms with E-state index in [9.17, 15) is 14.7 Å². The molecule has 6 heteroatoms. The predicted molar refractivity (Wildman–Crippen MR) is 70.9 cm³/mol. The highest BCUT2D eigenvalue weighted by atomic mass is 16.4. The number of aliphatic hydroxyl groups excluding tert-OH is 1. The number of carboxylic acids is 1. The van der Waals surface area contributed by atoms with Crippen molar-refractivity contribution < 1.29 is 19.8 Å². The molecule has 0 spiro atoms. The molecule has 0 radical (unpaired) electrons. The summed E-state index contributed by atoms with van der Waals surface area (Å²) >= 11 is 0. The fourth-order valence-electron chi connectivity index (χ4n) is 2.29. The summed E-state index contributed by atoms with van der Waals surface area (Å²) in [4.78, 5) is 25.1. The van der Waals surface area contributed by atoms with Crippen molar-refractivity contribution in [1.29, 1.82) is 0 Å². The van der Waals surface area contributed by atoms with Crippen molar-refractivity contribution in [3.63, 3.8) is 0 Å². The molecule has 0 aliphatic heterocycles. The van der Waals surface area contributed by atoms with Gasteiger partial charge in [-0.1, -0.05) is 13.3 Å². The van der Waals surface area contributed by atoms with Gasteiger partial charge in [-0.2, -0.15) is 0 Å². The van der Waals surface area contributed by atoms with E-state index < -0.39 is 17.5 Å². The Balaban J connectivity index is 2.70. The Labute approximate surface area is 113 Å². The van der Waals surface area contributed by atoms with Crippen molar-refractivity contribution in [2.24, 2.45) is 0 Å². The second-order valence-electron chi connectivity index (χ2n) is 5.32. The minimum Gasteiger partial charge on any atom is -0.480 e. The van der Waals surface area contributed by atoms with Crippen LogP contribution in [0.25, 0.3) is 0 Å². The highest BCUT2D eigenvalue weighted by Crippen LogP contribution is 2.25. The lowest BCUT2D eigenvalue weighted by atomic mass is 9.91. The molecular weight excluding hydrogens is 248 g/mol. The molecule has 1 aliphatic rings. The van der Waals surface area contributed by atoms with E-state index in [4.69, 9.17) is 5.11 Å². The Morgan fingerprint density at radius 1 is 1.42 bits per heavy atom. The number of carboxylic acid groups (broad SMARTS) is 1. The molecule has 0 saturated heterocycles. The average Bonchev–Trinajstić information content (AvgIpc) is 2.26. The SMILES string of the molecule is CCCC(C)(NC(=O)N(CCO)C1CCC1)C(=O)O. The van der Waals surface area contributed by atoms with E-state index in [2.05, 4.69) is 5.32 Å². The lowest BCUT2D eigenvalue weighted by Gasteiger charge is -2.39. The number of hydrogen-bond donors (Lipinski definition) is 3. The number of hydrogen-bond acceptors (Lipinski definition) is 3. The van der Waals surface area contributed by atoms with Crippen molar-refractivity contribution in [2.75, 3.05) is 13.2 Å². The molecule has 6 nitrogen and oxygen atoms in total. The fraction of sp³-hybridized carbons (Fsp3) is 0.846. The van der Waals surface area contributed by atoms with Gasteiger partial charge in [0.1, 0.15) is 5.54 Å². The third-order valence-electron chi connectivity index (χ3n) is 3.72. The quantitative estimate of drug-likeness (QED) is 0.649. The van der Waals surface area contributed by atoms with Crippen LogP contribution in [0.3, 0.4) is 0 Å². The molecule has 0 aromatic carbocycles. The van der Waals surface area contributed by atoms with Crippen LogP contribution in [-0.4, -0.2) is 51.8 Å². The number of nitrogens with zero attached hydrogens (tertiary/aromatic N) is 1. The molecular formula is C13H24N2O4. The summed E-state index contributed by atoms with van der Waals surface area (Å²) in [6.45, 7) is 3.54. The van der Waals surface area contributed by atoms with E-state index in [1.54, 1.807) is 4.90 Å². The van der Waals surface area contributed by atoms with Crippen LogP contribution in [0.5, 0.6) is 0 Å². The number of aliphatic carboxylic acids is 1. The van der Waals surface area contributed by atoms with Gasteiger partial charge in [0.05, 0.1) is 6.61 Å². The average molecular weight is 272 g/mol. The number of rotatable bonds is 7. The van der Waals surface area contributed by atoms with Gasteiger partial charge in [0.15, 0.2) is 0 Å². The summed E-state index contributed by atoms with van der Waals surface area (Å²) in [6, 6.07) is -0.260. The van der Waals surface area contributed by atoms with Gasteiger partial charge in [0.2, 0.25) is 0 Å². The van der Waals surface area contributed by atoms with Crippen LogP contribution >= 0.6 is 0 Å². The third kappa shape index (κ3) is 3.83. The molecule has 1 aliphatic carbocycles. The standard InChI is InChI=1S/C13H24N2O4/c1-3-7-13(2,11(17)18)14-12(19)15(8-9-16)10-5-4-6-10/h10,16H,3-9H2,1-2H3,(H,14,19)(H,17,18). The van der Waals surface area contributed by atoms with E-state index in [0.29, 0.717) is 12.8 Å². The second-order valence-corrected chi connectivity index (χ2v) is 5.32. The van der Waals surface area contributed by atoms with Crippen molar-refractivity contribution in [2.45, 2.75) is 57.5 Å². The smallest absolute Gasteiger partial charge is 0.329 e. The minimum atomic E-state index is -1.25. The number of urea groups is 1. The van der Waals surface area contributed by atoms with E-state index in [-0.39, 0.29) is 19.2 Å². The van der Waals surface area contributed by atoms with Crippen LogP contribution in [0.4, 0.5) is 4.79 Å². The number of aliphatic hydroxyl groups is 1. The van der Waals surface area contributed by atoms with Gasteiger partial charge in [-0.05, 0) is 32.6 Å². The summed E-state index contributed by atoms with van der Waals surface area (Å²) in [7, 11) is 0. The summed E-state index contributed by atoms with van der Waals surface area (Å²) in [5, 5.41) is 20.9. The van der Waals surface area contributed by atoms with Crippen LogP contribution in [0, 0.1) is 0 Å². The van der Waals surface area contributed by atoms with E-state index in [0.717, 1.165) is 19.3 Å². The molecule has 1 unspecified atom stereocenters. The van der Waals surface area contributed by atoms with E-state index >= 15 is 0 Å². The number of carbonyl (C=O) groups is 2. The zero-order valence-corrected chi connectivity index (χ0v) is 11.7. The first-order chi connectivity index (χ1) is 8.94. The molecule has 1 rings (SSSR count). The van der Waals surface area contributed by atoms with Crippen LogP contribution < -0.4 is 5.32 Å². The first kappa shape index (κ1) is 15.8. The zero-order valence-electron chi connectivity index (χ0n) is 11.7. The van der Waals surface area contributed by atoms with Crippen molar-refractivity contribution in [3.05, 3.63) is 0 Å². The molecule has 0 heterocycles. The molecule has 1 saturated carbocycles. The topological polar surface area (TPSA) is 89.9 Å². The largest absolute Gasteiger partial charge is 0.480 e.